The van der Waals surface area contributed by atoms with Crippen molar-refractivity contribution in [1.82, 2.24) is 20.0 Å². The van der Waals surface area contributed by atoms with E-state index in [2.05, 4.69) is 20.6 Å². The molecule has 7 nitrogen and oxygen atoms in total. The maximum atomic E-state index is 12.5. The molecular formula is C16H15N5O2. The molecule has 2 N–H and O–H groups in total. The monoisotopic (exact) mass is 309 g/mol. The predicted molar refractivity (Wildman–Crippen MR) is 86.4 cm³/mol. The Balaban J connectivity index is 1.71. The SMILES string of the molecule is CCc1nn(C)c2n[nH]c(NC(=O)c3cc4ccccc4o3)c12. The summed E-state index contributed by atoms with van der Waals surface area (Å²) in [6, 6.07) is 9.23. The van der Waals surface area contributed by atoms with Crippen LogP contribution in [0.4, 0.5) is 5.82 Å². The molecule has 1 aromatic carbocycles. The second-order valence-corrected chi connectivity index (χ2v) is 5.32. The van der Waals surface area contributed by atoms with Gasteiger partial charge >= 0.3 is 0 Å². The number of carbonyl (C=O) groups is 1. The van der Waals surface area contributed by atoms with E-state index in [0.717, 1.165) is 22.9 Å². The second kappa shape index (κ2) is 4.98. The Hall–Kier alpha value is -3.09. The van der Waals surface area contributed by atoms with E-state index < -0.39 is 0 Å². The van der Waals surface area contributed by atoms with E-state index in [0.29, 0.717) is 17.0 Å². The van der Waals surface area contributed by atoms with E-state index in [1.54, 1.807) is 10.7 Å². The highest BCUT2D eigenvalue weighted by molar-refractivity contribution is 6.08. The minimum atomic E-state index is -0.322. The van der Waals surface area contributed by atoms with Gasteiger partial charge in [0.15, 0.2) is 11.4 Å². The lowest BCUT2D eigenvalue weighted by molar-refractivity contribution is 0.0998. The average Bonchev–Trinajstić information content (AvgIpc) is 3.23. The predicted octanol–water partition coefficient (Wildman–Crippen LogP) is 2.86. The number of H-pyrrole nitrogens is 1. The minimum absolute atomic E-state index is 0.260. The number of aromatic amines is 1. The number of furan rings is 1. The number of hydrogen-bond donors (Lipinski definition) is 2. The first-order chi connectivity index (χ1) is 11.2. The third-order valence-corrected chi connectivity index (χ3v) is 3.84. The molecule has 23 heavy (non-hydrogen) atoms. The molecular weight excluding hydrogens is 294 g/mol. The van der Waals surface area contributed by atoms with Crippen molar-refractivity contribution in [3.05, 3.63) is 41.8 Å². The normalized spacial score (nSPS) is 11.4. The Kier molecular flexibility index (Phi) is 2.94. The topological polar surface area (TPSA) is 88.7 Å². The third-order valence-electron chi connectivity index (χ3n) is 3.84. The summed E-state index contributed by atoms with van der Waals surface area (Å²) in [5.41, 5.74) is 2.28. The molecule has 0 bridgehead atoms. The number of carbonyl (C=O) groups excluding carboxylic acids is 1. The average molecular weight is 309 g/mol. The van der Waals surface area contributed by atoms with E-state index in [4.69, 9.17) is 4.42 Å². The molecule has 0 aliphatic carbocycles. The van der Waals surface area contributed by atoms with Gasteiger partial charge in [-0.05, 0) is 18.6 Å². The Bertz CT molecular complexity index is 991. The van der Waals surface area contributed by atoms with Crippen LogP contribution < -0.4 is 5.32 Å². The number of nitrogens with zero attached hydrogens (tertiary/aromatic N) is 3. The molecule has 4 aromatic rings. The quantitative estimate of drug-likeness (QED) is 0.609. The number of benzene rings is 1. The lowest BCUT2D eigenvalue weighted by atomic mass is 10.2. The van der Waals surface area contributed by atoms with Crippen LogP contribution in [0.2, 0.25) is 0 Å². The van der Waals surface area contributed by atoms with Gasteiger partial charge in [0, 0.05) is 12.4 Å². The van der Waals surface area contributed by atoms with Crippen LogP contribution in [-0.2, 0) is 13.5 Å². The fourth-order valence-electron chi connectivity index (χ4n) is 2.73. The Morgan fingerprint density at radius 1 is 1.39 bits per heavy atom. The van der Waals surface area contributed by atoms with Crippen LogP contribution in [0.15, 0.2) is 34.7 Å². The van der Waals surface area contributed by atoms with Gasteiger partial charge in [-0.1, -0.05) is 25.1 Å². The highest BCUT2D eigenvalue weighted by Crippen LogP contribution is 2.25. The van der Waals surface area contributed by atoms with E-state index >= 15 is 0 Å². The van der Waals surface area contributed by atoms with Crippen LogP contribution in [0.3, 0.4) is 0 Å². The Morgan fingerprint density at radius 2 is 2.22 bits per heavy atom. The van der Waals surface area contributed by atoms with Gasteiger partial charge in [0.05, 0.1) is 11.1 Å². The maximum absolute atomic E-state index is 12.5. The zero-order chi connectivity index (χ0) is 16.0. The summed E-state index contributed by atoms with van der Waals surface area (Å²) in [6.07, 6.45) is 0.754. The van der Waals surface area contributed by atoms with E-state index in [1.165, 1.54) is 0 Å². The van der Waals surface area contributed by atoms with Gasteiger partial charge in [-0.25, -0.2) is 4.68 Å². The second-order valence-electron chi connectivity index (χ2n) is 5.32. The van der Waals surface area contributed by atoms with Crippen molar-refractivity contribution in [3.63, 3.8) is 0 Å². The van der Waals surface area contributed by atoms with Crippen LogP contribution in [0, 0.1) is 0 Å². The molecule has 0 aliphatic rings. The number of amides is 1. The van der Waals surface area contributed by atoms with Gasteiger partial charge in [-0.2, -0.15) is 10.2 Å². The van der Waals surface area contributed by atoms with Gasteiger partial charge in [0.1, 0.15) is 11.4 Å². The van der Waals surface area contributed by atoms with E-state index in [1.807, 2.05) is 38.2 Å². The van der Waals surface area contributed by atoms with Crippen LogP contribution in [0.25, 0.3) is 22.0 Å². The van der Waals surface area contributed by atoms with Gasteiger partial charge in [-0.15, -0.1) is 0 Å². The first-order valence-electron chi connectivity index (χ1n) is 7.37. The standard InChI is InChI=1S/C16H15N5O2/c1-3-10-13-14(18-19-15(13)21(2)20-10)17-16(22)12-8-9-6-4-5-7-11(9)23-12/h4-8H,3H2,1-2H3,(H2,17,18,19,22). The van der Waals surface area contributed by atoms with E-state index in [9.17, 15) is 4.79 Å². The minimum Gasteiger partial charge on any atom is -0.451 e. The van der Waals surface area contributed by atoms with Gasteiger partial charge in [0.25, 0.3) is 5.91 Å². The van der Waals surface area contributed by atoms with Crippen molar-refractivity contribution in [2.45, 2.75) is 13.3 Å². The first kappa shape index (κ1) is 13.6. The van der Waals surface area contributed by atoms with E-state index in [-0.39, 0.29) is 11.7 Å². The van der Waals surface area contributed by atoms with Crippen molar-refractivity contribution in [3.8, 4) is 0 Å². The maximum Gasteiger partial charge on any atom is 0.292 e. The number of anilines is 1. The van der Waals surface area contributed by atoms with Gasteiger partial charge < -0.3 is 9.73 Å². The van der Waals surface area contributed by atoms with Crippen molar-refractivity contribution in [2.24, 2.45) is 7.05 Å². The molecule has 0 atom stereocenters. The number of nitrogens with one attached hydrogen (secondary N) is 2. The lowest BCUT2D eigenvalue weighted by Crippen LogP contribution is -2.11. The summed E-state index contributed by atoms with van der Waals surface area (Å²) in [6.45, 7) is 2.01. The molecule has 0 radical (unpaired) electrons. The Morgan fingerprint density at radius 3 is 3.00 bits per heavy atom. The smallest absolute Gasteiger partial charge is 0.292 e. The fourth-order valence-corrected chi connectivity index (χ4v) is 2.73. The largest absolute Gasteiger partial charge is 0.451 e. The highest BCUT2D eigenvalue weighted by Gasteiger charge is 2.19. The summed E-state index contributed by atoms with van der Waals surface area (Å²) < 4.78 is 7.28. The van der Waals surface area contributed by atoms with Crippen LogP contribution in [-0.4, -0.2) is 25.9 Å². The molecule has 0 unspecified atom stereocenters. The molecule has 1 amide bonds. The summed E-state index contributed by atoms with van der Waals surface area (Å²) in [5.74, 6) is 0.476. The first-order valence-corrected chi connectivity index (χ1v) is 7.37. The lowest BCUT2D eigenvalue weighted by Gasteiger charge is -2.00. The van der Waals surface area contributed by atoms with Gasteiger partial charge in [-0.3, -0.25) is 9.89 Å². The highest BCUT2D eigenvalue weighted by atomic mass is 16.3. The van der Waals surface area contributed by atoms with Gasteiger partial charge in [0.2, 0.25) is 0 Å². The third kappa shape index (κ3) is 2.09. The molecule has 7 heteroatoms. The molecule has 0 spiro atoms. The molecule has 0 saturated heterocycles. The van der Waals surface area contributed by atoms with Crippen LogP contribution in [0.1, 0.15) is 23.2 Å². The van der Waals surface area contributed by atoms with Crippen molar-refractivity contribution in [2.75, 3.05) is 5.32 Å². The molecule has 0 fully saturated rings. The summed E-state index contributed by atoms with van der Waals surface area (Å²) in [7, 11) is 1.83. The fraction of sp³-hybridized carbons (Fsp3) is 0.188. The van der Waals surface area contributed by atoms with Crippen molar-refractivity contribution >= 4 is 33.7 Å². The zero-order valence-electron chi connectivity index (χ0n) is 12.8. The van der Waals surface area contributed by atoms with Crippen LogP contribution >= 0.6 is 0 Å². The number of para-hydroxylation sites is 1. The molecule has 0 aliphatic heterocycles. The molecule has 116 valence electrons. The zero-order valence-corrected chi connectivity index (χ0v) is 12.8. The van der Waals surface area contributed by atoms with Crippen molar-refractivity contribution in [1.29, 1.82) is 0 Å². The molecule has 3 heterocycles. The molecule has 3 aromatic heterocycles. The number of aryl methyl sites for hydroxylation is 2. The summed E-state index contributed by atoms with van der Waals surface area (Å²) >= 11 is 0. The molecule has 4 rings (SSSR count). The number of rotatable bonds is 3. The van der Waals surface area contributed by atoms with Crippen LogP contribution in [0.5, 0.6) is 0 Å². The Labute approximate surface area is 131 Å². The molecule has 0 saturated carbocycles. The van der Waals surface area contributed by atoms with Crippen molar-refractivity contribution < 1.29 is 9.21 Å². The number of aromatic nitrogens is 4. The summed E-state index contributed by atoms with van der Waals surface area (Å²) in [5, 5.41) is 16.0. The number of hydrogen-bond acceptors (Lipinski definition) is 4. The summed E-state index contributed by atoms with van der Waals surface area (Å²) in [4.78, 5) is 12.5. The number of fused-ring (bicyclic) bond motifs is 2.